The normalized spacial score (nSPS) is 22.4. The van der Waals surface area contributed by atoms with Crippen LogP contribution in [-0.2, 0) is 0 Å². The van der Waals surface area contributed by atoms with Gasteiger partial charge in [-0.15, -0.1) is 0 Å². The SMILES string of the molecule is CCCN1CCN(NC)CC1. The zero-order valence-corrected chi connectivity index (χ0v) is 7.64. The third-order valence-electron chi connectivity index (χ3n) is 2.23. The Morgan fingerprint density at radius 2 is 1.82 bits per heavy atom. The first kappa shape index (κ1) is 8.97. The van der Waals surface area contributed by atoms with Crippen LogP contribution in [0.1, 0.15) is 13.3 Å². The van der Waals surface area contributed by atoms with Crippen molar-refractivity contribution < 1.29 is 0 Å². The molecule has 66 valence electrons. The summed E-state index contributed by atoms with van der Waals surface area (Å²) in [5, 5.41) is 2.27. The lowest BCUT2D eigenvalue weighted by atomic mass is 10.3. The molecule has 0 amide bonds. The summed E-state index contributed by atoms with van der Waals surface area (Å²) in [6.45, 7) is 8.26. The molecule has 11 heavy (non-hydrogen) atoms. The van der Waals surface area contributed by atoms with Crippen molar-refractivity contribution in [2.75, 3.05) is 39.8 Å². The molecule has 0 atom stereocenters. The first-order chi connectivity index (χ1) is 5.36. The van der Waals surface area contributed by atoms with Gasteiger partial charge in [-0.25, -0.2) is 5.01 Å². The van der Waals surface area contributed by atoms with Crippen LogP contribution in [-0.4, -0.2) is 49.7 Å². The van der Waals surface area contributed by atoms with Gasteiger partial charge in [0, 0.05) is 26.2 Å². The van der Waals surface area contributed by atoms with Crippen LogP contribution in [0.3, 0.4) is 0 Å². The lowest BCUT2D eigenvalue weighted by Gasteiger charge is -2.33. The Morgan fingerprint density at radius 3 is 2.27 bits per heavy atom. The van der Waals surface area contributed by atoms with E-state index in [0.29, 0.717) is 0 Å². The standard InChI is InChI=1S/C8H19N3/c1-3-4-10-5-7-11(9-2)8-6-10/h9H,3-8H2,1-2H3. The second kappa shape index (κ2) is 4.70. The first-order valence-corrected chi connectivity index (χ1v) is 4.51. The molecule has 0 unspecified atom stereocenters. The van der Waals surface area contributed by atoms with E-state index in [1.165, 1.54) is 26.1 Å². The number of rotatable bonds is 3. The number of hydrazine groups is 1. The van der Waals surface area contributed by atoms with Crippen LogP contribution in [0.5, 0.6) is 0 Å². The second-order valence-corrected chi connectivity index (χ2v) is 3.05. The van der Waals surface area contributed by atoms with E-state index in [4.69, 9.17) is 0 Å². The van der Waals surface area contributed by atoms with Crippen LogP contribution in [0.15, 0.2) is 0 Å². The molecule has 3 nitrogen and oxygen atoms in total. The lowest BCUT2D eigenvalue weighted by molar-refractivity contribution is 0.0992. The summed E-state index contributed by atoms with van der Waals surface area (Å²) in [6.07, 6.45) is 1.28. The molecule has 0 aromatic carbocycles. The zero-order valence-electron chi connectivity index (χ0n) is 7.64. The van der Waals surface area contributed by atoms with Crippen LogP contribution < -0.4 is 5.43 Å². The maximum Gasteiger partial charge on any atom is 0.0259 e. The van der Waals surface area contributed by atoms with Crippen molar-refractivity contribution in [2.24, 2.45) is 0 Å². The van der Waals surface area contributed by atoms with Crippen molar-refractivity contribution in [1.29, 1.82) is 0 Å². The topological polar surface area (TPSA) is 18.5 Å². The molecular weight excluding hydrogens is 138 g/mol. The number of piperazine rings is 1. The Bertz CT molecular complexity index is 97.5. The van der Waals surface area contributed by atoms with Gasteiger partial charge in [-0.05, 0) is 20.0 Å². The van der Waals surface area contributed by atoms with Gasteiger partial charge in [-0.3, -0.25) is 5.43 Å². The van der Waals surface area contributed by atoms with Crippen LogP contribution in [0.25, 0.3) is 0 Å². The van der Waals surface area contributed by atoms with Gasteiger partial charge < -0.3 is 4.90 Å². The predicted molar refractivity (Wildman–Crippen MR) is 47.4 cm³/mol. The highest BCUT2D eigenvalue weighted by Crippen LogP contribution is 1.98. The van der Waals surface area contributed by atoms with Crippen molar-refractivity contribution in [1.82, 2.24) is 15.3 Å². The zero-order chi connectivity index (χ0) is 8.10. The fraction of sp³-hybridized carbons (Fsp3) is 1.00. The van der Waals surface area contributed by atoms with Gasteiger partial charge in [0.1, 0.15) is 0 Å². The van der Waals surface area contributed by atoms with Crippen LogP contribution in [0, 0.1) is 0 Å². The van der Waals surface area contributed by atoms with Gasteiger partial charge in [0.25, 0.3) is 0 Å². The highest BCUT2D eigenvalue weighted by molar-refractivity contribution is 4.67. The van der Waals surface area contributed by atoms with Crippen molar-refractivity contribution in [3.63, 3.8) is 0 Å². The predicted octanol–water partition coefficient (Wildman–Crippen LogP) is 0.148. The van der Waals surface area contributed by atoms with Crippen molar-refractivity contribution in [3.8, 4) is 0 Å². The minimum absolute atomic E-state index is 1.16. The van der Waals surface area contributed by atoms with E-state index >= 15 is 0 Å². The number of nitrogens with one attached hydrogen (secondary N) is 1. The lowest BCUT2D eigenvalue weighted by Crippen LogP contribution is -2.50. The fourth-order valence-electron chi connectivity index (χ4n) is 1.51. The highest BCUT2D eigenvalue weighted by Gasteiger charge is 2.13. The van der Waals surface area contributed by atoms with E-state index in [1.807, 2.05) is 7.05 Å². The quantitative estimate of drug-likeness (QED) is 0.629. The highest BCUT2D eigenvalue weighted by atomic mass is 15.5. The summed E-state index contributed by atoms with van der Waals surface area (Å²) in [6, 6.07) is 0. The molecule has 0 radical (unpaired) electrons. The summed E-state index contributed by atoms with van der Waals surface area (Å²) in [7, 11) is 2.00. The summed E-state index contributed by atoms with van der Waals surface area (Å²) >= 11 is 0. The molecule has 1 N–H and O–H groups in total. The summed E-state index contributed by atoms with van der Waals surface area (Å²) < 4.78 is 0. The Labute approximate surface area is 69.3 Å². The maximum absolute atomic E-state index is 3.17. The van der Waals surface area contributed by atoms with E-state index in [0.717, 1.165) is 13.1 Å². The average Bonchev–Trinajstić information content (AvgIpc) is 2.07. The van der Waals surface area contributed by atoms with E-state index in [9.17, 15) is 0 Å². The Balaban J connectivity index is 2.14. The molecule has 1 saturated heterocycles. The van der Waals surface area contributed by atoms with Crippen LogP contribution >= 0.6 is 0 Å². The van der Waals surface area contributed by atoms with Crippen molar-refractivity contribution >= 4 is 0 Å². The van der Waals surface area contributed by atoms with Gasteiger partial charge in [-0.2, -0.15) is 0 Å². The molecule has 1 aliphatic heterocycles. The van der Waals surface area contributed by atoms with Crippen molar-refractivity contribution in [3.05, 3.63) is 0 Å². The van der Waals surface area contributed by atoms with Crippen LogP contribution in [0.4, 0.5) is 0 Å². The molecule has 0 aliphatic carbocycles. The number of nitrogens with zero attached hydrogens (tertiary/aromatic N) is 2. The van der Waals surface area contributed by atoms with E-state index in [2.05, 4.69) is 22.3 Å². The van der Waals surface area contributed by atoms with Gasteiger partial charge >= 0.3 is 0 Å². The van der Waals surface area contributed by atoms with E-state index in [-0.39, 0.29) is 0 Å². The molecule has 0 spiro atoms. The molecule has 1 heterocycles. The largest absolute Gasteiger partial charge is 0.301 e. The molecular formula is C8H19N3. The molecule has 0 bridgehead atoms. The van der Waals surface area contributed by atoms with Crippen LogP contribution in [0.2, 0.25) is 0 Å². The molecule has 0 saturated carbocycles. The Hall–Kier alpha value is -0.120. The third-order valence-corrected chi connectivity index (χ3v) is 2.23. The average molecular weight is 157 g/mol. The smallest absolute Gasteiger partial charge is 0.0259 e. The van der Waals surface area contributed by atoms with Crippen molar-refractivity contribution in [2.45, 2.75) is 13.3 Å². The Kier molecular flexibility index (Phi) is 3.83. The minimum atomic E-state index is 1.16. The third kappa shape index (κ3) is 2.77. The molecule has 0 aromatic heterocycles. The fourth-order valence-corrected chi connectivity index (χ4v) is 1.51. The molecule has 1 rings (SSSR count). The van der Waals surface area contributed by atoms with Gasteiger partial charge in [-0.1, -0.05) is 6.92 Å². The monoisotopic (exact) mass is 157 g/mol. The Morgan fingerprint density at radius 1 is 1.18 bits per heavy atom. The maximum atomic E-state index is 3.17. The molecule has 0 aromatic rings. The summed E-state index contributed by atoms with van der Waals surface area (Å²) in [5.41, 5.74) is 3.17. The van der Waals surface area contributed by atoms with Gasteiger partial charge in [0.05, 0.1) is 0 Å². The first-order valence-electron chi connectivity index (χ1n) is 4.51. The van der Waals surface area contributed by atoms with Gasteiger partial charge in [0.15, 0.2) is 0 Å². The van der Waals surface area contributed by atoms with E-state index < -0.39 is 0 Å². The van der Waals surface area contributed by atoms with E-state index in [1.54, 1.807) is 0 Å². The van der Waals surface area contributed by atoms with Gasteiger partial charge in [0.2, 0.25) is 0 Å². The summed E-state index contributed by atoms with van der Waals surface area (Å²) in [5.74, 6) is 0. The number of hydrogen-bond donors (Lipinski definition) is 1. The molecule has 3 heteroatoms. The second-order valence-electron chi connectivity index (χ2n) is 3.05. The molecule has 1 aliphatic rings. The summed E-state index contributed by atoms with van der Waals surface area (Å²) in [4.78, 5) is 2.52. The molecule has 1 fully saturated rings. The number of hydrogen-bond acceptors (Lipinski definition) is 3. The minimum Gasteiger partial charge on any atom is -0.301 e.